The van der Waals surface area contributed by atoms with Crippen molar-refractivity contribution >= 4 is 23.0 Å². The third-order valence-corrected chi connectivity index (χ3v) is 6.18. The maximum absolute atomic E-state index is 9.63. The molecule has 4 rings (SSSR count). The quantitative estimate of drug-likeness (QED) is 0.815. The molecular formula is C18H25N3OS. The largest absolute Gasteiger partial charge is 0.508 e. The fraction of sp³-hybridized carbons (Fsp3) is 0.611. The van der Waals surface area contributed by atoms with Crippen LogP contribution in [0.15, 0.2) is 24.3 Å². The van der Waals surface area contributed by atoms with E-state index in [1.54, 1.807) is 6.07 Å². The Morgan fingerprint density at radius 3 is 2.61 bits per heavy atom. The minimum atomic E-state index is 0.332. The first-order valence-corrected chi connectivity index (χ1v) is 9.19. The highest BCUT2D eigenvalue weighted by atomic mass is 32.1. The Hall–Kier alpha value is -1.49. The monoisotopic (exact) mass is 331 g/mol. The van der Waals surface area contributed by atoms with E-state index in [1.807, 2.05) is 12.1 Å². The first kappa shape index (κ1) is 15.1. The number of rotatable bonds is 2. The first-order chi connectivity index (χ1) is 11.2. The van der Waals surface area contributed by atoms with Crippen LogP contribution in [0.2, 0.25) is 0 Å². The topological polar surface area (TPSA) is 38.7 Å². The minimum Gasteiger partial charge on any atom is -0.508 e. The number of phenols is 1. The summed E-state index contributed by atoms with van der Waals surface area (Å²) in [5.74, 6) is 2.13. The summed E-state index contributed by atoms with van der Waals surface area (Å²) in [4.78, 5) is 4.62. The van der Waals surface area contributed by atoms with Crippen LogP contribution in [-0.2, 0) is 0 Å². The lowest BCUT2D eigenvalue weighted by atomic mass is 9.95. The van der Waals surface area contributed by atoms with Gasteiger partial charge in [0.2, 0.25) is 0 Å². The van der Waals surface area contributed by atoms with Crippen LogP contribution < -0.4 is 10.2 Å². The fourth-order valence-corrected chi connectivity index (χ4v) is 4.86. The Morgan fingerprint density at radius 1 is 1.13 bits per heavy atom. The Kier molecular flexibility index (Phi) is 4.05. The van der Waals surface area contributed by atoms with Crippen molar-refractivity contribution in [3.8, 4) is 5.75 Å². The summed E-state index contributed by atoms with van der Waals surface area (Å²) in [6, 6.07) is 8.13. The van der Waals surface area contributed by atoms with Crippen molar-refractivity contribution in [1.29, 1.82) is 0 Å². The van der Waals surface area contributed by atoms with Crippen LogP contribution in [0, 0.1) is 11.8 Å². The number of fused-ring (bicyclic) bond motifs is 2. The summed E-state index contributed by atoms with van der Waals surface area (Å²) in [5, 5.41) is 14.2. The molecule has 23 heavy (non-hydrogen) atoms. The molecule has 1 aliphatic heterocycles. The molecule has 0 spiro atoms. The number of anilines is 1. The van der Waals surface area contributed by atoms with Gasteiger partial charge in [-0.15, -0.1) is 0 Å². The van der Waals surface area contributed by atoms with Crippen molar-refractivity contribution in [3.63, 3.8) is 0 Å². The lowest BCUT2D eigenvalue weighted by molar-refractivity contribution is 0.345. The highest BCUT2D eigenvalue weighted by Gasteiger charge is 2.40. The van der Waals surface area contributed by atoms with E-state index in [0.717, 1.165) is 48.8 Å². The molecule has 1 aromatic carbocycles. The molecule has 5 heteroatoms. The molecule has 2 saturated carbocycles. The molecule has 1 saturated heterocycles. The van der Waals surface area contributed by atoms with E-state index in [1.165, 1.54) is 25.7 Å². The summed E-state index contributed by atoms with van der Waals surface area (Å²) in [5.41, 5.74) is 1.09. The van der Waals surface area contributed by atoms with Crippen LogP contribution in [0.1, 0.15) is 25.7 Å². The summed E-state index contributed by atoms with van der Waals surface area (Å²) >= 11 is 5.66. The van der Waals surface area contributed by atoms with Gasteiger partial charge in [0.15, 0.2) is 5.11 Å². The van der Waals surface area contributed by atoms with Crippen molar-refractivity contribution in [1.82, 2.24) is 10.2 Å². The molecule has 0 unspecified atom stereocenters. The van der Waals surface area contributed by atoms with Crippen molar-refractivity contribution in [3.05, 3.63) is 24.3 Å². The van der Waals surface area contributed by atoms with E-state index >= 15 is 0 Å². The Bertz CT molecular complexity index is 585. The maximum atomic E-state index is 9.63. The van der Waals surface area contributed by atoms with Crippen molar-refractivity contribution in [2.75, 3.05) is 31.1 Å². The van der Waals surface area contributed by atoms with Crippen LogP contribution in [-0.4, -0.2) is 47.3 Å². The predicted molar refractivity (Wildman–Crippen MR) is 96.9 cm³/mol. The van der Waals surface area contributed by atoms with Gasteiger partial charge in [-0.05, 0) is 55.4 Å². The van der Waals surface area contributed by atoms with Crippen LogP contribution >= 0.6 is 12.2 Å². The van der Waals surface area contributed by atoms with Crippen LogP contribution in [0.5, 0.6) is 5.75 Å². The van der Waals surface area contributed by atoms with Crippen molar-refractivity contribution in [2.45, 2.75) is 31.7 Å². The SMILES string of the molecule is Oc1cccc(N2CCN(C(=S)N[C@@H]3C[C@H]4CC[C@@H]3C4)CC2)c1. The average Bonchev–Trinajstić information content (AvgIpc) is 3.18. The van der Waals surface area contributed by atoms with E-state index in [-0.39, 0.29) is 0 Å². The second-order valence-corrected chi connectivity index (χ2v) is 7.61. The number of nitrogens with one attached hydrogen (secondary N) is 1. The number of hydrogen-bond acceptors (Lipinski definition) is 3. The standard InChI is InChI=1S/C18H25N3OS/c22-16-3-1-2-15(12-16)20-6-8-21(9-7-20)18(23)19-17-11-13-4-5-14(17)10-13/h1-3,12-14,17,22H,4-11H2,(H,19,23)/t13-,14+,17+/m0/s1. The summed E-state index contributed by atoms with van der Waals surface area (Å²) in [6.45, 7) is 3.79. The number of nitrogens with zero attached hydrogens (tertiary/aromatic N) is 2. The molecule has 124 valence electrons. The zero-order chi connectivity index (χ0) is 15.8. The Balaban J connectivity index is 1.30. The molecule has 2 N–H and O–H groups in total. The summed E-state index contributed by atoms with van der Waals surface area (Å²) in [6.07, 6.45) is 5.54. The number of aromatic hydroxyl groups is 1. The Labute approximate surface area is 143 Å². The third-order valence-electron chi connectivity index (χ3n) is 5.81. The predicted octanol–water partition coefficient (Wildman–Crippen LogP) is 2.58. The fourth-order valence-electron chi connectivity index (χ4n) is 4.53. The first-order valence-electron chi connectivity index (χ1n) is 8.78. The molecule has 0 aromatic heterocycles. The molecule has 4 nitrogen and oxygen atoms in total. The van der Waals surface area contributed by atoms with Crippen molar-refractivity contribution in [2.24, 2.45) is 11.8 Å². The van der Waals surface area contributed by atoms with Gasteiger partial charge in [-0.2, -0.15) is 0 Å². The Morgan fingerprint density at radius 2 is 1.96 bits per heavy atom. The summed E-state index contributed by atoms with van der Waals surface area (Å²) in [7, 11) is 0. The average molecular weight is 331 g/mol. The molecule has 1 aromatic rings. The molecule has 2 bridgehead atoms. The van der Waals surface area contributed by atoms with E-state index in [9.17, 15) is 5.11 Å². The van der Waals surface area contributed by atoms with E-state index in [0.29, 0.717) is 11.8 Å². The number of thiocarbonyl (C=S) groups is 1. The zero-order valence-corrected chi connectivity index (χ0v) is 14.3. The third kappa shape index (κ3) is 3.11. The van der Waals surface area contributed by atoms with Crippen LogP contribution in [0.4, 0.5) is 5.69 Å². The normalized spacial score (nSPS) is 29.8. The van der Waals surface area contributed by atoms with Crippen LogP contribution in [0.3, 0.4) is 0 Å². The molecule has 3 fully saturated rings. The smallest absolute Gasteiger partial charge is 0.169 e. The minimum absolute atomic E-state index is 0.332. The second kappa shape index (κ2) is 6.19. The lowest BCUT2D eigenvalue weighted by Gasteiger charge is -2.38. The van der Waals surface area contributed by atoms with Crippen LogP contribution in [0.25, 0.3) is 0 Å². The van der Waals surface area contributed by atoms with Gasteiger partial charge < -0.3 is 20.2 Å². The number of phenolic OH excluding ortho intramolecular Hbond substituents is 1. The van der Waals surface area contributed by atoms with Gasteiger partial charge in [-0.1, -0.05) is 12.5 Å². The van der Waals surface area contributed by atoms with Gasteiger partial charge >= 0.3 is 0 Å². The molecule has 3 atom stereocenters. The number of benzene rings is 1. The zero-order valence-electron chi connectivity index (χ0n) is 13.4. The van der Waals surface area contributed by atoms with Gasteiger partial charge in [0, 0.05) is 44.0 Å². The van der Waals surface area contributed by atoms with E-state index < -0.39 is 0 Å². The van der Waals surface area contributed by atoms with Gasteiger partial charge in [-0.3, -0.25) is 0 Å². The molecular weight excluding hydrogens is 306 g/mol. The van der Waals surface area contributed by atoms with Gasteiger partial charge in [-0.25, -0.2) is 0 Å². The number of piperazine rings is 1. The molecule has 0 radical (unpaired) electrons. The molecule has 2 aliphatic carbocycles. The van der Waals surface area contributed by atoms with Gasteiger partial charge in [0.25, 0.3) is 0 Å². The molecule has 0 amide bonds. The van der Waals surface area contributed by atoms with E-state index in [2.05, 4.69) is 21.2 Å². The highest BCUT2D eigenvalue weighted by molar-refractivity contribution is 7.80. The van der Waals surface area contributed by atoms with Crippen molar-refractivity contribution < 1.29 is 5.11 Å². The lowest BCUT2D eigenvalue weighted by Crippen LogP contribution is -2.54. The van der Waals surface area contributed by atoms with E-state index in [4.69, 9.17) is 12.2 Å². The molecule has 3 aliphatic rings. The number of hydrogen-bond donors (Lipinski definition) is 2. The van der Waals surface area contributed by atoms with Gasteiger partial charge in [0.05, 0.1) is 0 Å². The second-order valence-electron chi connectivity index (χ2n) is 7.22. The summed E-state index contributed by atoms with van der Waals surface area (Å²) < 4.78 is 0. The molecule has 1 heterocycles. The maximum Gasteiger partial charge on any atom is 0.169 e. The highest BCUT2D eigenvalue weighted by Crippen LogP contribution is 2.44. The van der Waals surface area contributed by atoms with Gasteiger partial charge in [0.1, 0.15) is 5.75 Å².